The van der Waals surface area contributed by atoms with Crippen LogP contribution in [-0.4, -0.2) is 15.7 Å². The quantitative estimate of drug-likeness (QED) is 0.558. The maximum Gasteiger partial charge on any atom is 0.272 e. The number of carbonyl (C=O) groups excluding carboxylic acids is 1. The summed E-state index contributed by atoms with van der Waals surface area (Å²) in [5, 5.41) is 8.07. The Balaban J connectivity index is 1.63. The van der Waals surface area contributed by atoms with Crippen molar-refractivity contribution in [2.75, 3.05) is 0 Å². The van der Waals surface area contributed by atoms with E-state index in [-0.39, 0.29) is 18.7 Å². The zero-order valence-electron chi connectivity index (χ0n) is 15.7. The second-order valence-corrected chi connectivity index (χ2v) is 7.20. The van der Waals surface area contributed by atoms with Crippen LogP contribution in [0.25, 0.3) is 0 Å². The van der Waals surface area contributed by atoms with E-state index in [2.05, 4.69) is 10.4 Å². The number of amides is 1. The van der Waals surface area contributed by atoms with Crippen LogP contribution < -0.4 is 10.1 Å². The number of nitrogens with zero attached hydrogens (tertiary/aromatic N) is 2. The van der Waals surface area contributed by atoms with Crippen molar-refractivity contribution in [3.8, 4) is 5.75 Å². The van der Waals surface area contributed by atoms with E-state index in [9.17, 15) is 4.79 Å². The van der Waals surface area contributed by atoms with Crippen molar-refractivity contribution >= 4 is 29.1 Å². The molecule has 0 aliphatic carbocycles. The van der Waals surface area contributed by atoms with Gasteiger partial charge >= 0.3 is 0 Å². The number of ether oxygens (including phenoxy) is 1. The third kappa shape index (κ3) is 4.86. The fourth-order valence-electron chi connectivity index (χ4n) is 2.74. The summed E-state index contributed by atoms with van der Waals surface area (Å²) >= 11 is 12.1. The van der Waals surface area contributed by atoms with E-state index in [0.29, 0.717) is 21.5 Å². The fourth-order valence-corrected chi connectivity index (χ4v) is 3.08. The van der Waals surface area contributed by atoms with E-state index in [0.717, 1.165) is 12.0 Å². The van der Waals surface area contributed by atoms with Crippen molar-refractivity contribution in [3.05, 3.63) is 81.6 Å². The molecule has 146 valence electrons. The molecular formula is C21H21Cl2N3O2. The average Bonchev–Trinajstić information content (AvgIpc) is 3.17. The molecule has 5 nitrogen and oxygen atoms in total. The number of hydrogen-bond donors (Lipinski definition) is 1. The van der Waals surface area contributed by atoms with Crippen LogP contribution in [-0.2, 0) is 6.73 Å². The minimum atomic E-state index is -0.230. The van der Waals surface area contributed by atoms with Crippen LogP contribution in [0.15, 0.2) is 54.7 Å². The van der Waals surface area contributed by atoms with Gasteiger partial charge in [0.05, 0.1) is 11.1 Å². The first kappa shape index (κ1) is 20.2. The van der Waals surface area contributed by atoms with Gasteiger partial charge in [0.25, 0.3) is 5.91 Å². The van der Waals surface area contributed by atoms with Crippen LogP contribution in [0.2, 0.25) is 10.0 Å². The lowest BCUT2D eigenvalue weighted by atomic mass is 10.0. The Morgan fingerprint density at radius 3 is 2.64 bits per heavy atom. The first-order chi connectivity index (χ1) is 13.5. The smallest absolute Gasteiger partial charge is 0.272 e. The molecule has 1 aromatic heterocycles. The minimum absolute atomic E-state index is 0.0697. The summed E-state index contributed by atoms with van der Waals surface area (Å²) in [5.41, 5.74) is 2.58. The molecule has 7 heteroatoms. The number of nitrogens with one attached hydrogen (secondary N) is 1. The largest absolute Gasteiger partial charge is 0.470 e. The Morgan fingerprint density at radius 1 is 1.18 bits per heavy atom. The molecule has 2 aromatic carbocycles. The third-order valence-electron chi connectivity index (χ3n) is 4.34. The predicted molar refractivity (Wildman–Crippen MR) is 111 cm³/mol. The second-order valence-electron chi connectivity index (χ2n) is 6.41. The summed E-state index contributed by atoms with van der Waals surface area (Å²) in [4.78, 5) is 12.6. The van der Waals surface area contributed by atoms with Crippen molar-refractivity contribution in [2.45, 2.75) is 33.0 Å². The van der Waals surface area contributed by atoms with Gasteiger partial charge in [-0.3, -0.25) is 4.79 Å². The molecule has 0 aliphatic heterocycles. The van der Waals surface area contributed by atoms with Gasteiger partial charge in [-0.15, -0.1) is 0 Å². The molecule has 0 saturated heterocycles. The van der Waals surface area contributed by atoms with Gasteiger partial charge in [-0.25, -0.2) is 4.68 Å². The fraction of sp³-hybridized carbons (Fsp3) is 0.238. The molecule has 1 heterocycles. The monoisotopic (exact) mass is 417 g/mol. The van der Waals surface area contributed by atoms with Crippen molar-refractivity contribution in [2.24, 2.45) is 0 Å². The first-order valence-corrected chi connectivity index (χ1v) is 9.71. The Bertz CT molecular complexity index is 955. The van der Waals surface area contributed by atoms with Gasteiger partial charge in [0.1, 0.15) is 16.5 Å². The highest BCUT2D eigenvalue weighted by atomic mass is 35.5. The van der Waals surface area contributed by atoms with Gasteiger partial charge in [-0.1, -0.05) is 66.0 Å². The van der Waals surface area contributed by atoms with E-state index in [4.69, 9.17) is 27.9 Å². The maximum atomic E-state index is 12.6. The molecule has 0 radical (unpaired) electrons. The number of hydrogen-bond acceptors (Lipinski definition) is 3. The van der Waals surface area contributed by atoms with Crippen LogP contribution >= 0.6 is 23.2 Å². The van der Waals surface area contributed by atoms with Gasteiger partial charge in [0.15, 0.2) is 6.73 Å². The van der Waals surface area contributed by atoms with Crippen LogP contribution in [0.4, 0.5) is 0 Å². The van der Waals surface area contributed by atoms with Gasteiger partial charge in [0.2, 0.25) is 0 Å². The van der Waals surface area contributed by atoms with E-state index >= 15 is 0 Å². The van der Waals surface area contributed by atoms with Crippen molar-refractivity contribution in [3.63, 3.8) is 0 Å². The molecular weight excluding hydrogens is 397 g/mol. The van der Waals surface area contributed by atoms with E-state index in [1.807, 2.05) is 38.1 Å². The minimum Gasteiger partial charge on any atom is -0.470 e. The summed E-state index contributed by atoms with van der Waals surface area (Å²) in [6, 6.07) is 14.9. The number of rotatable bonds is 7. The Hall–Kier alpha value is -2.50. The molecule has 1 amide bonds. The zero-order valence-corrected chi connectivity index (χ0v) is 17.2. The number of benzene rings is 2. The van der Waals surface area contributed by atoms with Gasteiger partial charge in [0, 0.05) is 6.20 Å². The molecule has 0 bridgehead atoms. The van der Waals surface area contributed by atoms with E-state index in [1.165, 1.54) is 10.2 Å². The molecule has 1 N–H and O–H groups in total. The zero-order chi connectivity index (χ0) is 20.1. The van der Waals surface area contributed by atoms with Crippen molar-refractivity contribution in [1.82, 2.24) is 15.1 Å². The van der Waals surface area contributed by atoms with Gasteiger partial charge in [-0.05, 0) is 37.1 Å². The molecule has 0 saturated carbocycles. The highest BCUT2D eigenvalue weighted by Crippen LogP contribution is 2.31. The van der Waals surface area contributed by atoms with Crippen LogP contribution in [0.1, 0.15) is 41.0 Å². The molecule has 0 spiro atoms. The Labute approximate surface area is 174 Å². The Kier molecular flexibility index (Phi) is 6.60. The summed E-state index contributed by atoms with van der Waals surface area (Å²) in [6.07, 6.45) is 2.46. The molecule has 3 rings (SSSR count). The molecule has 0 fully saturated rings. The standard InChI is InChI=1S/C21H21Cl2N3O2/c1-3-17(15-9-7-14(2)8-10-15)24-21(27)18-11-12-26(25-18)13-28-19-6-4-5-16(22)20(19)23/h4-12,17H,3,13H2,1-2H3,(H,24,27). The maximum absolute atomic E-state index is 12.6. The SMILES string of the molecule is CCC(NC(=O)c1ccn(COc2cccc(Cl)c2Cl)n1)c1ccc(C)cc1. The third-order valence-corrected chi connectivity index (χ3v) is 5.14. The van der Waals surface area contributed by atoms with Gasteiger partial charge in [-0.2, -0.15) is 5.10 Å². The van der Waals surface area contributed by atoms with Crippen LogP contribution in [0, 0.1) is 6.92 Å². The van der Waals surface area contributed by atoms with Crippen LogP contribution in [0.3, 0.4) is 0 Å². The second kappa shape index (κ2) is 9.13. The van der Waals surface area contributed by atoms with E-state index in [1.54, 1.807) is 30.5 Å². The molecule has 1 unspecified atom stereocenters. The molecule has 28 heavy (non-hydrogen) atoms. The molecule has 1 atom stereocenters. The lowest BCUT2D eigenvalue weighted by molar-refractivity contribution is 0.0928. The average molecular weight is 418 g/mol. The normalized spacial score (nSPS) is 11.9. The van der Waals surface area contributed by atoms with Crippen molar-refractivity contribution in [1.29, 1.82) is 0 Å². The number of aryl methyl sites for hydroxylation is 1. The van der Waals surface area contributed by atoms with Crippen molar-refractivity contribution < 1.29 is 9.53 Å². The number of halogens is 2. The highest BCUT2D eigenvalue weighted by molar-refractivity contribution is 6.42. The van der Waals surface area contributed by atoms with Gasteiger partial charge < -0.3 is 10.1 Å². The number of carbonyl (C=O) groups is 1. The number of aromatic nitrogens is 2. The van der Waals surface area contributed by atoms with E-state index < -0.39 is 0 Å². The predicted octanol–water partition coefficient (Wildman–Crippen LogP) is 5.42. The molecule has 0 aliphatic rings. The topological polar surface area (TPSA) is 56.2 Å². The highest BCUT2D eigenvalue weighted by Gasteiger charge is 2.16. The summed E-state index contributed by atoms with van der Waals surface area (Å²) in [7, 11) is 0. The Morgan fingerprint density at radius 2 is 1.93 bits per heavy atom. The summed E-state index contributed by atoms with van der Waals surface area (Å²) in [5.74, 6) is 0.230. The molecule has 3 aromatic rings. The first-order valence-electron chi connectivity index (χ1n) is 8.95. The lowest BCUT2D eigenvalue weighted by Crippen LogP contribution is -2.28. The van der Waals surface area contributed by atoms with Crippen LogP contribution in [0.5, 0.6) is 5.75 Å². The lowest BCUT2D eigenvalue weighted by Gasteiger charge is -2.17. The summed E-state index contributed by atoms with van der Waals surface area (Å²) < 4.78 is 7.16. The summed E-state index contributed by atoms with van der Waals surface area (Å²) in [6.45, 7) is 4.18.